The van der Waals surface area contributed by atoms with Crippen LogP contribution in [0.5, 0.6) is 0 Å². The molecule has 0 spiro atoms. The molecule has 0 saturated carbocycles. The van der Waals surface area contributed by atoms with Crippen LogP contribution in [-0.4, -0.2) is 6.54 Å². The number of hydrogen-bond donors (Lipinski definition) is 1. The Morgan fingerprint density at radius 1 is 0.944 bits per heavy atom. The third kappa shape index (κ3) is 2.81. The van der Waals surface area contributed by atoms with Gasteiger partial charge in [0.1, 0.15) is 11.6 Å². The summed E-state index contributed by atoms with van der Waals surface area (Å²) < 4.78 is 26.5. The van der Waals surface area contributed by atoms with Crippen LogP contribution in [-0.2, 0) is 0 Å². The van der Waals surface area contributed by atoms with Crippen molar-refractivity contribution in [1.82, 2.24) is 0 Å². The quantitative estimate of drug-likeness (QED) is 0.881. The van der Waals surface area contributed by atoms with Crippen LogP contribution in [0.4, 0.5) is 8.78 Å². The minimum Gasteiger partial charge on any atom is -0.327 e. The molecule has 1 nitrogen and oxygen atoms in total. The molecule has 0 aromatic heterocycles. The standard InChI is InChI=1S/C15H13F2N/c16-13-5-1-3-11(9-13)15(7-8-18)12-4-2-6-14(17)10-12/h1-7,9-10H,8,18H2. The Kier molecular flexibility index (Phi) is 3.85. The van der Waals surface area contributed by atoms with Gasteiger partial charge in [-0.15, -0.1) is 0 Å². The van der Waals surface area contributed by atoms with Gasteiger partial charge in [-0.05, 0) is 41.0 Å². The zero-order valence-corrected chi connectivity index (χ0v) is 9.74. The van der Waals surface area contributed by atoms with Crippen molar-refractivity contribution in [3.8, 4) is 0 Å². The van der Waals surface area contributed by atoms with E-state index >= 15 is 0 Å². The maximum Gasteiger partial charge on any atom is 0.123 e. The SMILES string of the molecule is NCC=C(c1cccc(F)c1)c1cccc(F)c1. The number of hydrogen-bond acceptors (Lipinski definition) is 1. The van der Waals surface area contributed by atoms with Crippen molar-refractivity contribution >= 4 is 5.57 Å². The normalized spacial score (nSPS) is 10.2. The van der Waals surface area contributed by atoms with Crippen LogP contribution in [0.2, 0.25) is 0 Å². The van der Waals surface area contributed by atoms with E-state index in [2.05, 4.69) is 0 Å². The molecule has 0 radical (unpaired) electrons. The van der Waals surface area contributed by atoms with Crippen molar-refractivity contribution in [3.63, 3.8) is 0 Å². The Morgan fingerprint density at radius 3 is 1.83 bits per heavy atom. The van der Waals surface area contributed by atoms with Crippen molar-refractivity contribution in [1.29, 1.82) is 0 Å². The Morgan fingerprint density at radius 2 is 1.44 bits per heavy atom. The van der Waals surface area contributed by atoms with Crippen molar-refractivity contribution in [2.24, 2.45) is 5.73 Å². The molecule has 0 aliphatic rings. The summed E-state index contributed by atoms with van der Waals surface area (Å²) in [5.41, 5.74) is 7.62. The molecule has 0 saturated heterocycles. The van der Waals surface area contributed by atoms with Gasteiger partial charge in [0.25, 0.3) is 0 Å². The molecule has 0 fully saturated rings. The van der Waals surface area contributed by atoms with Crippen molar-refractivity contribution in [2.45, 2.75) is 0 Å². The summed E-state index contributed by atoms with van der Waals surface area (Å²) in [7, 11) is 0. The van der Waals surface area contributed by atoms with E-state index in [0.29, 0.717) is 17.7 Å². The zero-order valence-electron chi connectivity index (χ0n) is 9.74. The van der Waals surface area contributed by atoms with Gasteiger partial charge in [0.15, 0.2) is 0 Å². The van der Waals surface area contributed by atoms with Gasteiger partial charge in [0.2, 0.25) is 0 Å². The summed E-state index contributed by atoms with van der Waals surface area (Å²) in [5, 5.41) is 0. The average molecular weight is 245 g/mol. The lowest BCUT2D eigenvalue weighted by atomic mass is 9.97. The van der Waals surface area contributed by atoms with E-state index in [1.54, 1.807) is 30.3 Å². The topological polar surface area (TPSA) is 26.0 Å². The molecular weight excluding hydrogens is 232 g/mol. The summed E-state index contributed by atoms with van der Waals surface area (Å²) in [5.74, 6) is -0.654. The van der Waals surface area contributed by atoms with Crippen LogP contribution in [0.1, 0.15) is 11.1 Å². The highest BCUT2D eigenvalue weighted by molar-refractivity contribution is 5.79. The van der Waals surface area contributed by atoms with Crippen LogP contribution in [0.3, 0.4) is 0 Å². The Balaban J connectivity index is 2.50. The van der Waals surface area contributed by atoms with Gasteiger partial charge in [0.05, 0.1) is 0 Å². The first-order valence-corrected chi connectivity index (χ1v) is 5.63. The molecule has 0 bridgehead atoms. The Labute approximate surface area is 105 Å². The molecule has 0 aliphatic carbocycles. The highest BCUT2D eigenvalue weighted by atomic mass is 19.1. The molecular formula is C15H13F2N. The molecule has 0 amide bonds. The zero-order chi connectivity index (χ0) is 13.0. The van der Waals surface area contributed by atoms with Crippen molar-refractivity contribution < 1.29 is 8.78 Å². The molecule has 2 rings (SSSR count). The van der Waals surface area contributed by atoms with E-state index in [4.69, 9.17) is 5.73 Å². The number of benzene rings is 2. The van der Waals surface area contributed by atoms with Crippen molar-refractivity contribution in [3.05, 3.63) is 77.4 Å². The molecule has 0 aliphatic heterocycles. The number of rotatable bonds is 3. The first-order chi connectivity index (χ1) is 8.70. The van der Waals surface area contributed by atoms with Gasteiger partial charge in [-0.3, -0.25) is 0 Å². The Hall–Kier alpha value is -2.00. The molecule has 0 atom stereocenters. The van der Waals surface area contributed by atoms with E-state index in [1.807, 2.05) is 0 Å². The van der Waals surface area contributed by atoms with E-state index in [-0.39, 0.29) is 11.6 Å². The van der Waals surface area contributed by atoms with E-state index in [1.165, 1.54) is 24.3 Å². The monoisotopic (exact) mass is 245 g/mol. The summed E-state index contributed by atoms with van der Waals surface area (Å²) in [4.78, 5) is 0. The highest BCUT2D eigenvalue weighted by Gasteiger charge is 2.06. The summed E-state index contributed by atoms with van der Waals surface area (Å²) >= 11 is 0. The molecule has 2 N–H and O–H groups in total. The first kappa shape index (κ1) is 12.5. The lowest BCUT2D eigenvalue weighted by molar-refractivity contribution is 0.627. The largest absolute Gasteiger partial charge is 0.327 e. The number of nitrogens with two attached hydrogens (primary N) is 1. The van der Waals surface area contributed by atoms with Crippen molar-refractivity contribution in [2.75, 3.05) is 6.54 Å². The lowest BCUT2D eigenvalue weighted by Gasteiger charge is -2.08. The first-order valence-electron chi connectivity index (χ1n) is 5.63. The maximum absolute atomic E-state index is 13.2. The average Bonchev–Trinajstić information content (AvgIpc) is 2.36. The van der Waals surface area contributed by atoms with Gasteiger partial charge in [-0.25, -0.2) is 8.78 Å². The molecule has 0 unspecified atom stereocenters. The minimum atomic E-state index is -0.327. The second-order valence-electron chi connectivity index (χ2n) is 3.87. The van der Waals surface area contributed by atoms with E-state index < -0.39 is 0 Å². The maximum atomic E-state index is 13.2. The predicted molar refractivity (Wildman–Crippen MR) is 68.9 cm³/mol. The second-order valence-corrected chi connectivity index (χ2v) is 3.87. The third-order valence-electron chi connectivity index (χ3n) is 2.59. The van der Waals surface area contributed by atoms with Gasteiger partial charge >= 0.3 is 0 Å². The van der Waals surface area contributed by atoms with Crippen LogP contribution < -0.4 is 5.73 Å². The van der Waals surface area contributed by atoms with Crippen LogP contribution in [0.25, 0.3) is 5.57 Å². The van der Waals surface area contributed by atoms with Gasteiger partial charge in [0, 0.05) is 6.54 Å². The smallest absolute Gasteiger partial charge is 0.123 e. The van der Waals surface area contributed by atoms with Gasteiger partial charge in [-0.2, -0.15) is 0 Å². The molecule has 92 valence electrons. The fourth-order valence-electron chi connectivity index (χ4n) is 1.83. The summed E-state index contributed by atoms with van der Waals surface area (Å²) in [6.07, 6.45) is 1.75. The highest BCUT2D eigenvalue weighted by Crippen LogP contribution is 2.24. The van der Waals surface area contributed by atoms with E-state index in [9.17, 15) is 8.78 Å². The second kappa shape index (κ2) is 5.56. The predicted octanol–water partition coefficient (Wildman–Crippen LogP) is 3.36. The molecule has 2 aromatic carbocycles. The molecule has 2 aromatic rings. The molecule has 3 heteroatoms. The lowest BCUT2D eigenvalue weighted by Crippen LogP contribution is -1.98. The van der Waals surface area contributed by atoms with Gasteiger partial charge < -0.3 is 5.73 Å². The third-order valence-corrected chi connectivity index (χ3v) is 2.59. The van der Waals surface area contributed by atoms with Crippen LogP contribution in [0.15, 0.2) is 54.6 Å². The fourth-order valence-corrected chi connectivity index (χ4v) is 1.83. The molecule has 18 heavy (non-hydrogen) atoms. The summed E-state index contributed by atoms with van der Waals surface area (Å²) in [6, 6.07) is 12.3. The van der Waals surface area contributed by atoms with E-state index in [0.717, 1.165) is 5.57 Å². The van der Waals surface area contributed by atoms with Gasteiger partial charge in [-0.1, -0.05) is 30.3 Å². The molecule has 0 heterocycles. The minimum absolute atomic E-state index is 0.308. The summed E-state index contributed by atoms with van der Waals surface area (Å²) in [6.45, 7) is 0.308. The number of halogens is 2. The van der Waals surface area contributed by atoms with Crippen LogP contribution >= 0.6 is 0 Å². The fraction of sp³-hybridized carbons (Fsp3) is 0.0667. The Bertz CT molecular complexity index is 529. The van der Waals surface area contributed by atoms with Crippen LogP contribution in [0, 0.1) is 11.6 Å².